The van der Waals surface area contributed by atoms with Crippen molar-refractivity contribution in [2.24, 2.45) is 34.8 Å². The molecule has 1 heterocycles. The van der Waals surface area contributed by atoms with Gasteiger partial charge in [0.05, 0.1) is 6.04 Å². The van der Waals surface area contributed by atoms with E-state index in [4.69, 9.17) is 5.73 Å². The van der Waals surface area contributed by atoms with Gasteiger partial charge in [0.15, 0.2) is 5.78 Å². The van der Waals surface area contributed by atoms with Crippen LogP contribution in [0, 0.1) is 29.1 Å². The third-order valence-electron chi connectivity index (χ3n) is 9.01. The summed E-state index contributed by atoms with van der Waals surface area (Å²) in [5.74, 6) is -2.92. The molecule has 1 aliphatic carbocycles. The van der Waals surface area contributed by atoms with Crippen molar-refractivity contribution >= 4 is 35.3 Å². The molecule has 1 aromatic carbocycles. The predicted octanol–water partition coefficient (Wildman–Crippen LogP) is 3.21. The zero-order valence-corrected chi connectivity index (χ0v) is 27.7. The quantitative estimate of drug-likeness (QED) is 0.183. The molecular formula is C34H51N5O6. The van der Waals surface area contributed by atoms with Gasteiger partial charge < -0.3 is 26.6 Å². The Hall–Kier alpha value is -3.76. The van der Waals surface area contributed by atoms with Crippen molar-refractivity contribution in [2.75, 3.05) is 6.54 Å². The van der Waals surface area contributed by atoms with Crippen LogP contribution in [0.2, 0.25) is 0 Å². The van der Waals surface area contributed by atoms with Crippen LogP contribution in [-0.2, 0) is 19.2 Å². The molecule has 5 atom stereocenters. The van der Waals surface area contributed by atoms with Gasteiger partial charge in [0.2, 0.25) is 17.6 Å². The van der Waals surface area contributed by atoms with E-state index in [0.29, 0.717) is 24.9 Å². The highest BCUT2D eigenvalue weighted by Gasteiger charge is 2.48. The molecule has 0 aromatic heterocycles. The fraction of sp³-hybridized carbons (Fsp3) is 0.647. The van der Waals surface area contributed by atoms with Crippen LogP contribution in [0.3, 0.4) is 0 Å². The SMILES string of the molecule is CC(C)[C@H]1CCN(C(=O)[C@@H](NC(=O)N[C@H](CC(=O)c2ccccc2)C(C)C)C(C)(C)C)C1C(=O)NC(CC1CC1)C(=O)C(N)=O. The maximum absolute atomic E-state index is 14.2. The van der Waals surface area contributed by atoms with Gasteiger partial charge in [-0.25, -0.2) is 4.79 Å². The number of rotatable bonds is 14. The molecule has 2 fully saturated rings. The van der Waals surface area contributed by atoms with Crippen LogP contribution < -0.4 is 21.7 Å². The van der Waals surface area contributed by atoms with Crippen molar-refractivity contribution in [2.45, 2.75) is 105 Å². The fourth-order valence-electron chi connectivity index (χ4n) is 6.00. The number of amides is 5. The van der Waals surface area contributed by atoms with Crippen LogP contribution in [0.15, 0.2) is 30.3 Å². The number of Topliss-reactive ketones (excluding diaryl/α,β-unsaturated/α-hetero) is 2. The van der Waals surface area contributed by atoms with E-state index in [1.165, 1.54) is 4.90 Å². The number of hydrogen-bond acceptors (Lipinski definition) is 6. The van der Waals surface area contributed by atoms with Gasteiger partial charge in [-0.1, -0.05) is 91.6 Å². The molecule has 11 nitrogen and oxygen atoms in total. The number of nitrogens with zero attached hydrogens (tertiary/aromatic N) is 1. The van der Waals surface area contributed by atoms with E-state index in [9.17, 15) is 28.8 Å². The number of benzene rings is 1. The summed E-state index contributed by atoms with van der Waals surface area (Å²) < 4.78 is 0. The van der Waals surface area contributed by atoms with E-state index >= 15 is 0 Å². The lowest BCUT2D eigenvalue weighted by atomic mass is 9.84. The number of primary amides is 1. The maximum atomic E-state index is 14.2. The van der Waals surface area contributed by atoms with Crippen LogP contribution in [0.5, 0.6) is 0 Å². The molecule has 2 unspecified atom stereocenters. The number of urea groups is 1. The first-order valence-electron chi connectivity index (χ1n) is 16.1. The Morgan fingerprint density at radius 3 is 2.04 bits per heavy atom. The minimum Gasteiger partial charge on any atom is -0.363 e. The summed E-state index contributed by atoms with van der Waals surface area (Å²) in [5, 5.41) is 8.50. The Bertz CT molecular complexity index is 1250. The molecular weight excluding hydrogens is 574 g/mol. The zero-order chi connectivity index (χ0) is 33.6. The third kappa shape index (κ3) is 9.61. The van der Waals surface area contributed by atoms with Crippen molar-refractivity contribution in [3.8, 4) is 0 Å². The third-order valence-corrected chi connectivity index (χ3v) is 9.01. The van der Waals surface area contributed by atoms with Gasteiger partial charge in [0.25, 0.3) is 5.91 Å². The number of nitrogens with one attached hydrogen (secondary N) is 3. The fourth-order valence-corrected chi connectivity index (χ4v) is 6.00. The van der Waals surface area contributed by atoms with E-state index in [1.807, 2.05) is 54.5 Å². The normalized spacial score (nSPS) is 20.3. The van der Waals surface area contributed by atoms with Crippen molar-refractivity contribution < 1.29 is 28.8 Å². The van der Waals surface area contributed by atoms with Crippen LogP contribution in [0.1, 0.15) is 90.9 Å². The number of carbonyl (C=O) groups is 6. The first kappa shape index (κ1) is 35.7. The lowest BCUT2D eigenvalue weighted by Gasteiger charge is -2.37. The highest BCUT2D eigenvalue weighted by atomic mass is 16.2. The number of carbonyl (C=O) groups excluding carboxylic acids is 6. The molecule has 11 heteroatoms. The van der Waals surface area contributed by atoms with Crippen molar-refractivity contribution in [1.82, 2.24) is 20.9 Å². The molecule has 0 spiro atoms. The summed E-state index contributed by atoms with van der Waals surface area (Å²) in [6.07, 6.45) is 2.83. The number of nitrogens with two attached hydrogens (primary N) is 1. The molecule has 0 bridgehead atoms. The standard InChI is InChI=1S/C34H51N5O6/c1-19(2)23-15-16-39(27(23)31(43)36-25(17-21-13-14-21)28(41)30(35)42)32(44)29(34(5,6)7)38-33(45)37-24(20(3)4)18-26(40)22-11-9-8-10-12-22/h8-12,19-21,23-25,27,29H,13-18H2,1-7H3,(H2,35,42)(H,36,43)(H2,37,38,45)/t23-,24-,25?,27?,29-/m1/s1. The summed E-state index contributed by atoms with van der Waals surface area (Å²) >= 11 is 0. The van der Waals surface area contributed by atoms with Crippen LogP contribution in [0.25, 0.3) is 0 Å². The van der Waals surface area contributed by atoms with Crippen molar-refractivity contribution in [1.29, 1.82) is 0 Å². The molecule has 45 heavy (non-hydrogen) atoms. The van der Waals surface area contributed by atoms with Gasteiger partial charge in [-0.15, -0.1) is 0 Å². The largest absolute Gasteiger partial charge is 0.363 e. The van der Waals surface area contributed by atoms with Crippen LogP contribution >= 0.6 is 0 Å². The molecule has 0 radical (unpaired) electrons. The molecule has 3 rings (SSSR count). The Morgan fingerprint density at radius 1 is 0.911 bits per heavy atom. The highest BCUT2D eigenvalue weighted by molar-refractivity contribution is 6.37. The summed E-state index contributed by atoms with van der Waals surface area (Å²) in [4.78, 5) is 80.1. The van der Waals surface area contributed by atoms with Gasteiger partial charge in [0, 0.05) is 24.6 Å². The molecule has 5 N–H and O–H groups in total. The van der Waals surface area contributed by atoms with Gasteiger partial charge in [-0.2, -0.15) is 0 Å². The average molecular weight is 626 g/mol. The molecule has 1 aromatic rings. The predicted molar refractivity (Wildman–Crippen MR) is 171 cm³/mol. The number of hydrogen-bond donors (Lipinski definition) is 4. The van der Waals surface area contributed by atoms with Crippen molar-refractivity contribution in [3.05, 3.63) is 35.9 Å². The second kappa shape index (κ2) is 15.0. The summed E-state index contributed by atoms with van der Waals surface area (Å²) in [6, 6.07) is 4.89. The van der Waals surface area contributed by atoms with E-state index in [0.717, 1.165) is 12.8 Å². The second-order valence-electron chi connectivity index (χ2n) is 14.4. The molecule has 1 saturated carbocycles. The van der Waals surface area contributed by atoms with E-state index in [2.05, 4.69) is 16.0 Å². The Balaban J connectivity index is 1.79. The van der Waals surface area contributed by atoms with Crippen molar-refractivity contribution in [3.63, 3.8) is 0 Å². The van der Waals surface area contributed by atoms with Crippen LogP contribution in [-0.4, -0.2) is 70.9 Å². The monoisotopic (exact) mass is 625 g/mol. The highest BCUT2D eigenvalue weighted by Crippen LogP contribution is 2.35. The lowest BCUT2D eigenvalue weighted by Crippen LogP contribution is -2.61. The lowest BCUT2D eigenvalue weighted by molar-refractivity contribution is -0.144. The average Bonchev–Trinajstić information content (AvgIpc) is 3.67. The maximum Gasteiger partial charge on any atom is 0.315 e. The molecule has 1 saturated heterocycles. The first-order valence-corrected chi connectivity index (χ1v) is 16.1. The summed E-state index contributed by atoms with van der Waals surface area (Å²) in [7, 11) is 0. The zero-order valence-electron chi connectivity index (χ0n) is 27.7. The van der Waals surface area contributed by atoms with Gasteiger partial charge in [0.1, 0.15) is 12.1 Å². The second-order valence-corrected chi connectivity index (χ2v) is 14.4. The van der Waals surface area contributed by atoms with Gasteiger partial charge >= 0.3 is 6.03 Å². The summed E-state index contributed by atoms with van der Waals surface area (Å²) in [6.45, 7) is 13.6. The van der Waals surface area contributed by atoms with Crippen LogP contribution in [0.4, 0.5) is 4.79 Å². The minimum absolute atomic E-state index is 0.0468. The van der Waals surface area contributed by atoms with E-state index < -0.39 is 59.1 Å². The van der Waals surface area contributed by atoms with E-state index in [1.54, 1.807) is 24.3 Å². The molecule has 1 aliphatic heterocycles. The molecule has 5 amide bonds. The van der Waals surface area contributed by atoms with Gasteiger partial charge in [-0.3, -0.25) is 24.0 Å². The number of ketones is 2. The Labute approximate surface area is 266 Å². The smallest absolute Gasteiger partial charge is 0.315 e. The first-order chi connectivity index (χ1) is 21.0. The molecule has 2 aliphatic rings. The van der Waals surface area contributed by atoms with Gasteiger partial charge in [-0.05, 0) is 41.9 Å². The summed E-state index contributed by atoms with van der Waals surface area (Å²) in [5.41, 5.74) is 5.12. The minimum atomic E-state index is -1.10. The Kier molecular flexibility index (Phi) is 11.9. The van der Waals surface area contributed by atoms with E-state index in [-0.39, 0.29) is 35.9 Å². The molecule has 248 valence electrons. The Morgan fingerprint density at radius 2 is 1.53 bits per heavy atom. The topological polar surface area (TPSA) is 168 Å². The number of likely N-dealkylation sites (tertiary alicyclic amines) is 1.